The molecule has 0 heterocycles. The zero-order chi connectivity index (χ0) is 16.3. The second-order valence-corrected chi connectivity index (χ2v) is 6.51. The quantitative estimate of drug-likeness (QED) is 0.558. The number of amides is 2. The molecular formula is C16H14ClIN2O2. The number of aryl methyl sites for hydroxylation is 2. The fraction of sp³-hybridized carbons (Fsp3) is 0.125. The molecule has 0 atom stereocenters. The van der Waals surface area contributed by atoms with Crippen molar-refractivity contribution in [3.8, 4) is 0 Å². The molecule has 0 aliphatic heterocycles. The predicted molar refractivity (Wildman–Crippen MR) is 97.3 cm³/mol. The Hall–Kier alpha value is -1.60. The van der Waals surface area contributed by atoms with E-state index in [9.17, 15) is 9.59 Å². The van der Waals surface area contributed by atoms with Gasteiger partial charge in [0, 0.05) is 9.26 Å². The molecule has 22 heavy (non-hydrogen) atoms. The number of hydrogen-bond acceptors (Lipinski definition) is 2. The number of carbonyl (C=O) groups is 2. The van der Waals surface area contributed by atoms with Crippen molar-refractivity contribution in [1.82, 2.24) is 0 Å². The summed E-state index contributed by atoms with van der Waals surface area (Å²) < 4.78 is 1.04. The molecule has 114 valence electrons. The lowest BCUT2D eigenvalue weighted by atomic mass is 10.1. The predicted octanol–water partition coefficient (Wildman–Crippen LogP) is 4.14. The van der Waals surface area contributed by atoms with Crippen LogP contribution in [0.4, 0.5) is 11.4 Å². The van der Waals surface area contributed by atoms with Gasteiger partial charge in [-0.3, -0.25) is 9.59 Å². The van der Waals surface area contributed by atoms with Gasteiger partial charge in [-0.05, 0) is 77.9 Å². The van der Waals surface area contributed by atoms with Gasteiger partial charge in [-0.2, -0.15) is 0 Å². The van der Waals surface area contributed by atoms with Crippen molar-refractivity contribution in [3.05, 3.63) is 56.1 Å². The van der Waals surface area contributed by atoms with Gasteiger partial charge in [-0.15, -0.1) is 0 Å². The van der Waals surface area contributed by atoms with Gasteiger partial charge in [0.15, 0.2) is 0 Å². The first-order chi connectivity index (χ1) is 10.4. The molecule has 2 N–H and O–H groups in total. The van der Waals surface area contributed by atoms with E-state index in [4.69, 9.17) is 11.6 Å². The highest BCUT2D eigenvalue weighted by Crippen LogP contribution is 2.27. The van der Waals surface area contributed by atoms with Gasteiger partial charge in [0.1, 0.15) is 0 Å². The van der Waals surface area contributed by atoms with Gasteiger partial charge in [-0.25, -0.2) is 0 Å². The Balaban J connectivity index is 2.09. The van der Waals surface area contributed by atoms with Crippen LogP contribution in [0.5, 0.6) is 0 Å². The van der Waals surface area contributed by atoms with E-state index in [1.165, 1.54) is 0 Å². The molecule has 0 fully saturated rings. The molecule has 0 saturated heterocycles. The topological polar surface area (TPSA) is 58.2 Å². The summed E-state index contributed by atoms with van der Waals surface area (Å²) >= 11 is 8.28. The van der Waals surface area contributed by atoms with Crippen LogP contribution in [-0.4, -0.2) is 11.8 Å². The molecule has 6 heteroatoms. The molecule has 2 aromatic rings. The fourth-order valence-corrected chi connectivity index (χ4v) is 2.69. The largest absolute Gasteiger partial charge is 0.318 e. The smallest absolute Gasteiger partial charge is 0.314 e. The Bertz CT molecular complexity index is 706. The van der Waals surface area contributed by atoms with E-state index in [1.54, 1.807) is 18.2 Å². The van der Waals surface area contributed by atoms with Crippen LogP contribution in [0.25, 0.3) is 0 Å². The second kappa shape index (κ2) is 7.11. The van der Waals surface area contributed by atoms with E-state index in [2.05, 4.69) is 33.2 Å². The first kappa shape index (κ1) is 16.8. The molecule has 0 saturated carbocycles. The number of nitrogens with one attached hydrogen (secondary N) is 2. The molecule has 0 aliphatic carbocycles. The van der Waals surface area contributed by atoms with Crippen molar-refractivity contribution in [2.45, 2.75) is 13.8 Å². The summed E-state index contributed by atoms with van der Waals surface area (Å²) in [5.41, 5.74) is 2.81. The van der Waals surface area contributed by atoms with Gasteiger partial charge in [0.25, 0.3) is 0 Å². The Morgan fingerprint density at radius 3 is 2.18 bits per heavy atom. The van der Waals surface area contributed by atoms with Crippen molar-refractivity contribution in [3.63, 3.8) is 0 Å². The zero-order valence-electron chi connectivity index (χ0n) is 12.0. The van der Waals surface area contributed by atoms with Crippen LogP contribution >= 0.6 is 34.2 Å². The maximum Gasteiger partial charge on any atom is 0.314 e. The van der Waals surface area contributed by atoms with E-state index >= 15 is 0 Å². The molecule has 0 aliphatic rings. The molecule has 0 bridgehead atoms. The molecule has 0 radical (unpaired) electrons. The number of rotatable bonds is 2. The van der Waals surface area contributed by atoms with Crippen molar-refractivity contribution in [2.24, 2.45) is 0 Å². The van der Waals surface area contributed by atoms with Gasteiger partial charge in [0.2, 0.25) is 0 Å². The van der Waals surface area contributed by atoms with Crippen molar-refractivity contribution < 1.29 is 9.59 Å². The SMILES string of the molecule is Cc1cc(C)c(NC(=O)C(=O)Nc2ccc(I)cc2)c(Cl)c1. The van der Waals surface area contributed by atoms with E-state index < -0.39 is 11.8 Å². The summed E-state index contributed by atoms with van der Waals surface area (Å²) in [5, 5.41) is 5.50. The summed E-state index contributed by atoms with van der Waals surface area (Å²) in [6.07, 6.45) is 0. The molecule has 0 aromatic heterocycles. The first-order valence-electron chi connectivity index (χ1n) is 6.51. The van der Waals surface area contributed by atoms with Crippen LogP contribution < -0.4 is 10.6 Å². The average Bonchev–Trinajstić information content (AvgIpc) is 2.45. The maximum atomic E-state index is 12.0. The van der Waals surface area contributed by atoms with E-state index in [-0.39, 0.29) is 0 Å². The van der Waals surface area contributed by atoms with E-state index in [0.717, 1.165) is 14.7 Å². The van der Waals surface area contributed by atoms with Crippen LogP contribution in [0.3, 0.4) is 0 Å². The standard InChI is InChI=1S/C16H14ClIN2O2/c1-9-7-10(2)14(13(17)8-9)20-16(22)15(21)19-12-5-3-11(18)4-6-12/h3-8H,1-2H3,(H,19,21)(H,20,22). The van der Waals surface area contributed by atoms with Crippen LogP contribution in [0.2, 0.25) is 5.02 Å². The number of hydrogen-bond donors (Lipinski definition) is 2. The first-order valence-corrected chi connectivity index (χ1v) is 7.97. The minimum absolute atomic E-state index is 0.410. The number of benzene rings is 2. The van der Waals surface area contributed by atoms with Crippen molar-refractivity contribution >= 4 is 57.4 Å². The summed E-state index contributed by atoms with van der Waals surface area (Å²) in [7, 11) is 0. The third kappa shape index (κ3) is 4.20. The lowest BCUT2D eigenvalue weighted by Gasteiger charge is -2.11. The van der Waals surface area contributed by atoms with Crippen LogP contribution in [0.15, 0.2) is 36.4 Å². The van der Waals surface area contributed by atoms with Gasteiger partial charge in [-0.1, -0.05) is 17.7 Å². The molecule has 2 aromatic carbocycles. The normalized spacial score (nSPS) is 10.2. The monoisotopic (exact) mass is 428 g/mol. The maximum absolute atomic E-state index is 12.0. The second-order valence-electron chi connectivity index (χ2n) is 4.85. The lowest BCUT2D eigenvalue weighted by Crippen LogP contribution is -2.29. The Morgan fingerprint density at radius 2 is 1.59 bits per heavy atom. The summed E-state index contributed by atoms with van der Waals surface area (Å²) in [5.74, 6) is -1.50. The summed E-state index contributed by atoms with van der Waals surface area (Å²) in [6, 6.07) is 10.8. The highest BCUT2D eigenvalue weighted by molar-refractivity contribution is 14.1. The Morgan fingerprint density at radius 1 is 1.00 bits per heavy atom. The third-order valence-electron chi connectivity index (χ3n) is 2.98. The zero-order valence-corrected chi connectivity index (χ0v) is 14.9. The molecular weight excluding hydrogens is 415 g/mol. The number of anilines is 2. The van der Waals surface area contributed by atoms with Crippen LogP contribution in [0.1, 0.15) is 11.1 Å². The van der Waals surface area contributed by atoms with Crippen LogP contribution in [0, 0.1) is 17.4 Å². The van der Waals surface area contributed by atoms with E-state index in [0.29, 0.717) is 16.4 Å². The van der Waals surface area contributed by atoms with E-state index in [1.807, 2.05) is 32.0 Å². The van der Waals surface area contributed by atoms with Gasteiger partial charge in [0.05, 0.1) is 10.7 Å². The van der Waals surface area contributed by atoms with Crippen LogP contribution in [-0.2, 0) is 9.59 Å². The average molecular weight is 429 g/mol. The summed E-state index contributed by atoms with van der Waals surface area (Å²) in [6.45, 7) is 3.74. The van der Waals surface area contributed by atoms with Crippen molar-refractivity contribution in [1.29, 1.82) is 0 Å². The Labute approximate surface area is 147 Å². The van der Waals surface area contributed by atoms with Gasteiger partial charge >= 0.3 is 11.8 Å². The highest BCUT2D eigenvalue weighted by atomic mass is 127. The minimum Gasteiger partial charge on any atom is -0.318 e. The lowest BCUT2D eigenvalue weighted by molar-refractivity contribution is -0.133. The summed E-state index contributed by atoms with van der Waals surface area (Å²) in [4.78, 5) is 23.9. The molecule has 0 unspecified atom stereocenters. The molecule has 2 amide bonds. The minimum atomic E-state index is -0.757. The molecule has 2 rings (SSSR count). The highest BCUT2D eigenvalue weighted by Gasteiger charge is 2.16. The number of halogens is 2. The van der Waals surface area contributed by atoms with Crippen molar-refractivity contribution in [2.75, 3.05) is 10.6 Å². The Kier molecular flexibility index (Phi) is 5.42. The fourth-order valence-electron chi connectivity index (χ4n) is 1.97. The molecule has 4 nitrogen and oxygen atoms in total. The number of carbonyl (C=O) groups excluding carboxylic acids is 2. The third-order valence-corrected chi connectivity index (χ3v) is 4.00. The molecule has 0 spiro atoms. The van der Waals surface area contributed by atoms with Gasteiger partial charge < -0.3 is 10.6 Å².